The van der Waals surface area contributed by atoms with Gasteiger partial charge in [-0.1, -0.05) is 39.5 Å². The fourth-order valence-electron chi connectivity index (χ4n) is 1.86. The lowest BCUT2D eigenvalue weighted by Crippen LogP contribution is -2.15. The van der Waals surface area contributed by atoms with Gasteiger partial charge >= 0.3 is 0 Å². The van der Waals surface area contributed by atoms with E-state index in [1.54, 1.807) is 0 Å². The smallest absolute Gasteiger partial charge is 0.0527 e. The Kier molecular flexibility index (Phi) is 7.23. The van der Waals surface area contributed by atoms with Crippen molar-refractivity contribution in [2.24, 2.45) is 5.92 Å². The van der Waals surface area contributed by atoms with E-state index >= 15 is 0 Å². The van der Waals surface area contributed by atoms with Crippen LogP contribution in [0.25, 0.3) is 0 Å². The molecule has 1 rings (SSSR count). The molecule has 0 amide bonds. The van der Waals surface area contributed by atoms with Crippen molar-refractivity contribution in [2.45, 2.75) is 57.0 Å². The van der Waals surface area contributed by atoms with Gasteiger partial charge in [-0.3, -0.25) is 0 Å². The maximum absolute atomic E-state index is 2.45. The highest BCUT2D eigenvalue weighted by Gasteiger charge is 2.20. The molecule has 1 fully saturated rings. The molecule has 14 heavy (non-hydrogen) atoms. The monoisotopic (exact) mass is 232 g/mol. The molecule has 0 aromatic heterocycles. The van der Waals surface area contributed by atoms with Gasteiger partial charge in [0.1, 0.15) is 0 Å². The Labute approximate surface area is 98.0 Å². The summed E-state index contributed by atoms with van der Waals surface area (Å²) in [4.78, 5) is 0. The Balaban J connectivity index is 2.04. The van der Waals surface area contributed by atoms with Crippen molar-refractivity contribution in [3.05, 3.63) is 0 Å². The molecule has 1 saturated heterocycles. The van der Waals surface area contributed by atoms with E-state index in [9.17, 15) is 0 Å². The van der Waals surface area contributed by atoms with Crippen LogP contribution in [0.3, 0.4) is 0 Å². The normalized spacial score (nSPS) is 21.0. The van der Waals surface area contributed by atoms with E-state index in [4.69, 9.17) is 0 Å². The molecule has 0 nitrogen and oxygen atoms in total. The van der Waals surface area contributed by atoms with Gasteiger partial charge in [-0.25, -0.2) is 0 Å². The first kappa shape index (κ1) is 12.8. The highest BCUT2D eigenvalue weighted by Crippen LogP contribution is 2.37. The average Bonchev–Trinajstić information content (AvgIpc) is 2.25. The van der Waals surface area contributed by atoms with E-state index < -0.39 is 0 Å². The summed E-state index contributed by atoms with van der Waals surface area (Å²) in [5, 5.41) is 0. The highest BCUT2D eigenvalue weighted by molar-refractivity contribution is 8.17. The summed E-state index contributed by atoms with van der Waals surface area (Å²) in [6, 6.07) is 0. The molecule has 0 bridgehead atoms. The van der Waals surface area contributed by atoms with E-state index in [0.29, 0.717) is 0 Å². The van der Waals surface area contributed by atoms with Crippen LogP contribution in [0.15, 0.2) is 0 Å². The molecule has 0 aromatic rings. The third-order valence-corrected chi connectivity index (χ3v) is 6.28. The van der Waals surface area contributed by atoms with Crippen LogP contribution in [0, 0.1) is 5.92 Å². The standard InChI is InChI=1S/C12H24S2/c1-3-4-5-6-8-11(2)12-13-9-7-10-14-12/h11-12H,3-10H2,1-2H3. The van der Waals surface area contributed by atoms with E-state index in [0.717, 1.165) is 10.5 Å². The molecule has 0 N–H and O–H groups in total. The third-order valence-electron chi connectivity index (χ3n) is 2.83. The Morgan fingerprint density at radius 2 is 1.86 bits per heavy atom. The van der Waals surface area contributed by atoms with Crippen molar-refractivity contribution < 1.29 is 0 Å². The van der Waals surface area contributed by atoms with Crippen molar-refractivity contribution in [2.75, 3.05) is 11.5 Å². The van der Waals surface area contributed by atoms with Gasteiger partial charge in [0.15, 0.2) is 0 Å². The van der Waals surface area contributed by atoms with Gasteiger partial charge in [0.2, 0.25) is 0 Å². The van der Waals surface area contributed by atoms with Crippen molar-refractivity contribution in [3.8, 4) is 0 Å². The van der Waals surface area contributed by atoms with Crippen LogP contribution in [0.4, 0.5) is 0 Å². The lowest BCUT2D eigenvalue weighted by Gasteiger charge is -2.26. The topological polar surface area (TPSA) is 0 Å². The van der Waals surface area contributed by atoms with Crippen LogP contribution < -0.4 is 0 Å². The summed E-state index contributed by atoms with van der Waals surface area (Å²) in [5.41, 5.74) is 0. The first-order valence-corrected chi connectivity index (χ1v) is 8.17. The van der Waals surface area contributed by atoms with Gasteiger partial charge in [-0.15, -0.1) is 23.5 Å². The summed E-state index contributed by atoms with van der Waals surface area (Å²) in [6.45, 7) is 4.73. The number of thioether (sulfide) groups is 2. The number of hydrogen-bond acceptors (Lipinski definition) is 2. The Morgan fingerprint density at radius 3 is 2.50 bits per heavy atom. The number of unbranched alkanes of at least 4 members (excludes halogenated alkanes) is 3. The van der Waals surface area contributed by atoms with Gasteiger partial charge in [0.25, 0.3) is 0 Å². The van der Waals surface area contributed by atoms with E-state index in [1.165, 1.54) is 50.0 Å². The van der Waals surface area contributed by atoms with Gasteiger partial charge < -0.3 is 0 Å². The quantitative estimate of drug-likeness (QED) is 0.604. The van der Waals surface area contributed by atoms with Gasteiger partial charge in [-0.05, 0) is 30.3 Å². The average molecular weight is 232 g/mol. The van der Waals surface area contributed by atoms with Gasteiger partial charge in [0.05, 0.1) is 4.58 Å². The van der Waals surface area contributed by atoms with Crippen LogP contribution in [-0.2, 0) is 0 Å². The van der Waals surface area contributed by atoms with Crippen LogP contribution in [0.1, 0.15) is 52.4 Å². The predicted molar refractivity (Wildman–Crippen MR) is 71.2 cm³/mol. The van der Waals surface area contributed by atoms with Crippen molar-refractivity contribution >= 4 is 23.5 Å². The SMILES string of the molecule is CCCCCCC(C)C1SCCCS1. The molecule has 1 aliphatic heterocycles. The number of hydrogen-bond donors (Lipinski definition) is 0. The lowest BCUT2D eigenvalue weighted by atomic mass is 10.0. The molecule has 0 aliphatic carbocycles. The summed E-state index contributed by atoms with van der Waals surface area (Å²) >= 11 is 4.40. The Morgan fingerprint density at radius 1 is 1.14 bits per heavy atom. The highest BCUT2D eigenvalue weighted by atomic mass is 32.2. The third kappa shape index (κ3) is 4.97. The maximum atomic E-state index is 2.45. The zero-order chi connectivity index (χ0) is 10.2. The zero-order valence-corrected chi connectivity index (χ0v) is 11.3. The molecular weight excluding hydrogens is 208 g/mol. The van der Waals surface area contributed by atoms with Gasteiger partial charge in [-0.2, -0.15) is 0 Å². The second-order valence-corrected chi connectivity index (χ2v) is 7.09. The first-order valence-electron chi connectivity index (χ1n) is 6.07. The molecule has 1 heterocycles. The largest absolute Gasteiger partial charge is 0.147 e. The Hall–Kier alpha value is 0.700. The zero-order valence-electron chi connectivity index (χ0n) is 9.63. The minimum absolute atomic E-state index is 0.908. The molecule has 1 atom stereocenters. The molecule has 0 spiro atoms. The van der Waals surface area contributed by atoms with Crippen LogP contribution >= 0.6 is 23.5 Å². The summed E-state index contributed by atoms with van der Waals surface area (Å²) in [6.07, 6.45) is 8.56. The maximum Gasteiger partial charge on any atom is 0.0527 e. The summed E-state index contributed by atoms with van der Waals surface area (Å²) in [7, 11) is 0. The predicted octanol–water partition coefficient (Wildman–Crippen LogP) is 4.79. The summed E-state index contributed by atoms with van der Waals surface area (Å²) < 4.78 is 0.908. The molecule has 1 unspecified atom stereocenters. The second kappa shape index (κ2) is 7.92. The van der Waals surface area contributed by atoms with Crippen LogP contribution in [0.2, 0.25) is 0 Å². The fraction of sp³-hybridized carbons (Fsp3) is 1.00. The molecule has 84 valence electrons. The molecule has 0 saturated carbocycles. The Bertz CT molecular complexity index is 130. The van der Waals surface area contributed by atoms with Gasteiger partial charge in [0, 0.05) is 0 Å². The van der Waals surface area contributed by atoms with Crippen molar-refractivity contribution in [1.82, 2.24) is 0 Å². The van der Waals surface area contributed by atoms with E-state index in [-0.39, 0.29) is 0 Å². The van der Waals surface area contributed by atoms with Crippen molar-refractivity contribution in [3.63, 3.8) is 0 Å². The molecule has 2 heteroatoms. The molecule has 0 radical (unpaired) electrons. The second-order valence-electron chi connectivity index (χ2n) is 4.29. The van der Waals surface area contributed by atoms with Crippen LogP contribution in [-0.4, -0.2) is 16.1 Å². The molecule has 1 aliphatic rings. The van der Waals surface area contributed by atoms with Crippen LogP contribution in [0.5, 0.6) is 0 Å². The lowest BCUT2D eigenvalue weighted by molar-refractivity contribution is 0.518. The minimum Gasteiger partial charge on any atom is -0.147 e. The first-order chi connectivity index (χ1) is 6.84. The van der Waals surface area contributed by atoms with E-state index in [2.05, 4.69) is 37.4 Å². The summed E-state index contributed by atoms with van der Waals surface area (Å²) in [5.74, 6) is 3.73. The molecule has 0 aromatic carbocycles. The van der Waals surface area contributed by atoms with Crippen molar-refractivity contribution in [1.29, 1.82) is 0 Å². The number of rotatable bonds is 6. The fourth-order valence-corrected chi connectivity index (χ4v) is 5.02. The minimum atomic E-state index is 0.908. The molecular formula is C12H24S2. The van der Waals surface area contributed by atoms with E-state index in [1.807, 2.05) is 0 Å².